The first-order valence-electron chi connectivity index (χ1n) is 11.7. The van der Waals surface area contributed by atoms with Crippen molar-refractivity contribution in [2.24, 2.45) is 10.9 Å². The Morgan fingerprint density at radius 1 is 1.16 bits per heavy atom. The van der Waals surface area contributed by atoms with Gasteiger partial charge in [0.15, 0.2) is 5.96 Å². The molecule has 2 atom stereocenters. The number of benzene rings is 1. The lowest BCUT2D eigenvalue weighted by molar-refractivity contribution is -0.133. The summed E-state index contributed by atoms with van der Waals surface area (Å²) in [5.74, 6) is 1.97. The Labute approximate surface area is 210 Å². The number of nitrogens with one attached hydrogen (secondary N) is 2. The molecule has 1 aromatic rings. The van der Waals surface area contributed by atoms with Crippen LogP contribution < -0.4 is 15.4 Å². The zero-order chi connectivity index (χ0) is 22.2. The molecule has 1 aromatic carbocycles. The third-order valence-corrected chi connectivity index (χ3v) is 6.35. The van der Waals surface area contributed by atoms with Crippen LogP contribution in [0.5, 0.6) is 5.75 Å². The predicted molar refractivity (Wildman–Crippen MR) is 141 cm³/mol. The number of amides is 1. The monoisotopic (exact) mass is 557 g/mol. The molecule has 0 saturated carbocycles. The van der Waals surface area contributed by atoms with Crippen molar-refractivity contribution in [2.75, 3.05) is 46.9 Å². The first-order valence-corrected chi connectivity index (χ1v) is 11.7. The van der Waals surface area contributed by atoms with Crippen molar-refractivity contribution in [1.29, 1.82) is 0 Å². The smallest absolute Gasteiger partial charge is 0.225 e. The topological polar surface area (TPSA) is 69.2 Å². The maximum absolute atomic E-state index is 12.3. The van der Waals surface area contributed by atoms with Crippen LogP contribution in [0.2, 0.25) is 0 Å². The average Bonchev–Trinajstić information content (AvgIpc) is 3.27. The van der Waals surface area contributed by atoms with Gasteiger partial charge in [-0.05, 0) is 50.0 Å². The van der Waals surface area contributed by atoms with Crippen LogP contribution in [0.15, 0.2) is 29.3 Å². The number of hydrogen-bond donors (Lipinski definition) is 2. The van der Waals surface area contributed by atoms with Gasteiger partial charge in [-0.1, -0.05) is 32.4 Å². The molecule has 2 heterocycles. The maximum atomic E-state index is 12.3. The summed E-state index contributed by atoms with van der Waals surface area (Å²) in [6.07, 6.45) is 4.77. The van der Waals surface area contributed by atoms with Gasteiger partial charge in [0.1, 0.15) is 5.75 Å². The van der Waals surface area contributed by atoms with Crippen LogP contribution in [0.25, 0.3) is 0 Å². The SMILES string of the molecule is CN=C(NCC(c1ccc(OC)cc1)N1CCCCC1)NC1CCN(C(=O)C(C)C)C1.I. The highest BCUT2D eigenvalue weighted by molar-refractivity contribution is 14.0. The standard InChI is InChI=1S/C24H39N5O2.HI/c1-18(2)23(30)29-15-12-20(17-29)27-24(25-3)26-16-22(28-13-6-5-7-14-28)19-8-10-21(31-4)11-9-19;/h8-11,18,20,22H,5-7,12-17H2,1-4H3,(H2,25,26,27);1H. The molecule has 2 unspecified atom stereocenters. The van der Waals surface area contributed by atoms with Crippen molar-refractivity contribution < 1.29 is 9.53 Å². The molecule has 8 heteroatoms. The number of piperidine rings is 1. The number of carbonyl (C=O) groups excluding carboxylic acids is 1. The van der Waals surface area contributed by atoms with Crippen LogP contribution in [-0.4, -0.2) is 74.6 Å². The second-order valence-corrected chi connectivity index (χ2v) is 8.91. The van der Waals surface area contributed by atoms with E-state index in [1.807, 2.05) is 37.9 Å². The number of carbonyl (C=O) groups is 1. The summed E-state index contributed by atoms with van der Waals surface area (Å²) >= 11 is 0. The summed E-state index contributed by atoms with van der Waals surface area (Å²) in [5.41, 5.74) is 1.29. The molecular formula is C24H40IN5O2. The van der Waals surface area contributed by atoms with E-state index in [4.69, 9.17) is 4.74 Å². The number of rotatable bonds is 7. The highest BCUT2D eigenvalue weighted by Crippen LogP contribution is 2.26. The molecule has 0 aromatic heterocycles. The second kappa shape index (κ2) is 13.2. The van der Waals surface area contributed by atoms with E-state index < -0.39 is 0 Å². The van der Waals surface area contributed by atoms with Crippen molar-refractivity contribution in [1.82, 2.24) is 20.4 Å². The van der Waals surface area contributed by atoms with Gasteiger partial charge < -0.3 is 20.3 Å². The quantitative estimate of drug-likeness (QED) is 0.306. The summed E-state index contributed by atoms with van der Waals surface area (Å²) in [6, 6.07) is 8.94. The summed E-state index contributed by atoms with van der Waals surface area (Å²) < 4.78 is 5.34. The predicted octanol–water partition coefficient (Wildman–Crippen LogP) is 3.26. The van der Waals surface area contributed by atoms with Crippen LogP contribution in [0.1, 0.15) is 51.1 Å². The molecule has 2 aliphatic rings. The summed E-state index contributed by atoms with van der Waals surface area (Å²) in [6.45, 7) is 8.51. The molecule has 2 N–H and O–H groups in total. The van der Waals surface area contributed by atoms with Gasteiger partial charge in [-0.15, -0.1) is 24.0 Å². The van der Waals surface area contributed by atoms with Crippen LogP contribution >= 0.6 is 24.0 Å². The van der Waals surface area contributed by atoms with Crippen molar-refractivity contribution in [3.05, 3.63) is 29.8 Å². The lowest BCUT2D eigenvalue weighted by Gasteiger charge is -2.35. The van der Waals surface area contributed by atoms with Gasteiger partial charge in [-0.2, -0.15) is 0 Å². The molecule has 3 rings (SSSR count). The zero-order valence-corrected chi connectivity index (χ0v) is 22.3. The van der Waals surface area contributed by atoms with E-state index in [9.17, 15) is 4.79 Å². The van der Waals surface area contributed by atoms with Gasteiger partial charge in [-0.3, -0.25) is 14.7 Å². The molecule has 0 spiro atoms. The van der Waals surface area contributed by atoms with Crippen LogP contribution in [0.4, 0.5) is 0 Å². The van der Waals surface area contributed by atoms with Crippen molar-refractivity contribution >= 4 is 35.8 Å². The third-order valence-electron chi connectivity index (χ3n) is 6.35. The first kappa shape index (κ1) is 26.7. The van der Waals surface area contributed by atoms with Crippen molar-refractivity contribution in [3.63, 3.8) is 0 Å². The minimum atomic E-state index is 0. The van der Waals surface area contributed by atoms with Gasteiger partial charge in [0.25, 0.3) is 0 Å². The van der Waals surface area contributed by atoms with E-state index in [2.05, 4.69) is 32.7 Å². The Morgan fingerprint density at radius 3 is 2.44 bits per heavy atom. The number of hydrogen-bond acceptors (Lipinski definition) is 4. The van der Waals surface area contributed by atoms with E-state index >= 15 is 0 Å². The Balaban J connectivity index is 0.00000363. The summed E-state index contributed by atoms with van der Waals surface area (Å²) in [7, 11) is 3.51. The van der Waals surface area contributed by atoms with Gasteiger partial charge >= 0.3 is 0 Å². The molecule has 0 radical (unpaired) electrons. The van der Waals surface area contributed by atoms with E-state index in [1.165, 1.54) is 24.8 Å². The molecule has 2 fully saturated rings. The normalized spacial score (nSPS) is 20.6. The van der Waals surface area contributed by atoms with Gasteiger partial charge in [0.05, 0.1) is 13.2 Å². The fourth-order valence-electron chi connectivity index (χ4n) is 4.54. The lowest BCUT2D eigenvalue weighted by atomic mass is 10.0. The molecule has 7 nitrogen and oxygen atoms in total. The third kappa shape index (κ3) is 7.23. The number of halogens is 1. The summed E-state index contributed by atoms with van der Waals surface area (Å²) in [4.78, 5) is 21.3. The van der Waals surface area contributed by atoms with Gasteiger partial charge in [0.2, 0.25) is 5.91 Å². The average molecular weight is 558 g/mol. The Morgan fingerprint density at radius 2 is 1.84 bits per heavy atom. The zero-order valence-electron chi connectivity index (χ0n) is 20.0. The molecule has 2 saturated heterocycles. The second-order valence-electron chi connectivity index (χ2n) is 8.91. The van der Waals surface area contributed by atoms with Crippen molar-refractivity contribution in [2.45, 2.75) is 51.6 Å². The van der Waals surface area contributed by atoms with Crippen LogP contribution in [-0.2, 0) is 4.79 Å². The van der Waals surface area contributed by atoms with Crippen LogP contribution in [0.3, 0.4) is 0 Å². The minimum Gasteiger partial charge on any atom is -0.497 e. The van der Waals surface area contributed by atoms with Gasteiger partial charge in [0, 0.05) is 38.6 Å². The molecule has 32 heavy (non-hydrogen) atoms. The first-order chi connectivity index (χ1) is 15.0. The lowest BCUT2D eigenvalue weighted by Crippen LogP contribution is -2.48. The maximum Gasteiger partial charge on any atom is 0.225 e. The molecule has 1 amide bonds. The Hall–Kier alpha value is -1.55. The summed E-state index contributed by atoms with van der Waals surface area (Å²) in [5, 5.41) is 7.07. The largest absolute Gasteiger partial charge is 0.497 e. The highest BCUT2D eigenvalue weighted by atomic mass is 127. The number of likely N-dealkylation sites (tertiary alicyclic amines) is 2. The number of aliphatic imine (C=N–C) groups is 1. The molecular weight excluding hydrogens is 517 g/mol. The molecule has 180 valence electrons. The van der Waals surface area contributed by atoms with Crippen molar-refractivity contribution in [3.8, 4) is 5.75 Å². The van der Waals surface area contributed by atoms with E-state index in [1.54, 1.807) is 7.11 Å². The number of ether oxygens (including phenoxy) is 1. The van der Waals surface area contributed by atoms with Crippen LogP contribution in [0, 0.1) is 5.92 Å². The van der Waals surface area contributed by atoms with Gasteiger partial charge in [-0.25, -0.2) is 0 Å². The number of nitrogens with zero attached hydrogens (tertiary/aromatic N) is 3. The number of guanidine groups is 1. The highest BCUT2D eigenvalue weighted by Gasteiger charge is 2.28. The molecule has 0 bridgehead atoms. The minimum absolute atomic E-state index is 0. The fraction of sp³-hybridized carbons (Fsp3) is 0.667. The van der Waals surface area contributed by atoms with E-state index in [-0.39, 0.29) is 47.9 Å². The Kier molecular flexibility index (Phi) is 11.0. The van der Waals surface area contributed by atoms with E-state index in [0.717, 1.165) is 50.9 Å². The molecule has 2 aliphatic heterocycles. The number of methoxy groups -OCH3 is 1. The fourth-order valence-corrected chi connectivity index (χ4v) is 4.54. The molecule has 0 aliphatic carbocycles. The Bertz CT molecular complexity index is 734. The van der Waals surface area contributed by atoms with E-state index in [0.29, 0.717) is 0 Å².